The molecule has 0 aliphatic heterocycles. The molecule has 0 N–H and O–H groups in total. The van der Waals surface area contributed by atoms with Gasteiger partial charge >= 0.3 is 0 Å². The van der Waals surface area contributed by atoms with Crippen LogP contribution in [0.1, 0.15) is 12.8 Å². The fourth-order valence-electron chi connectivity index (χ4n) is 2.34. The van der Waals surface area contributed by atoms with Crippen LogP contribution in [0.3, 0.4) is 0 Å². The van der Waals surface area contributed by atoms with Gasteiger partial charge in [0.1, 0.15) is 0 Å². The highest BCUT2D eigenvalue weighted by molar-refractivity contribution is 14.1. The largest absolute Gasteiger partial charge is 0.0780 e. The third kappa shape index (κ3) is 1.77. The summed E-state index contributed by atoms with van der Waals surface area (Å²) < 4.78 is 0.654. The van der Waals surface area contributed by atoms with Crippen molar-refractivity contribution in [3.05, 3.63) is 46.8 Å². The first-order chi connectivity index (χ1) is 7.84. The Hall–Kier alpha value is -0.830. The Morgan fingerprint density at radius 2 is 1.94 bits per heavy atom. The second-order valence-electron chi connectivity index (χ2n) is 4.25. The summed E-state index contributed by atoms with van der Waals surface area (Å²) in [6.45, 7) is 0. The zero-order chi connectivity index (χ0) is 11.0. The molecule has 1 aliphatic rings. The Balaban J connectivity index is 2.50. The maximum absolute atomic E-state index is 2.54. The molecule has 80 valence electrons. The van der Waals surface area contributed by atoms with Crippen molar-refractivity contribution in [1.82, 2.24) is 0 Å². The monoisotopic (exact) mass is 320 g/mol. The second-order valence-corrected chi connectivity index (χ2v) is 5.85. The molecule has 1 aliphatic carbocycles. The van der Waals surface area contributed by atoms with Crippen LogP contribution in [0.4, 0.5) is 0 Å². The average Bonchev–Trinajstić information content (AvgIpc) is 2.50. The van der Waals surface area contributed by atoms with E-state index in [2.05, 4.69) is 71.1 Å². The molecular formula is C15H13I. The smallest absolute Gasteiger partial charge is 0.0301 e. The summed E-state index contributed by atoms with van der Waals surface area (Å²) >= 11 is 2.54. The number of halogens is 1. The Labute approximate surface area is 109 Å². The van der Waals surface area contributed by atoms with Crippen LogP contribution in [0.5, 0.6) is 0 Å². The summed E-state index contributed by atoms with van der Waals surface area (Å²) in [5, 5.41) is 5.56. The van der Waals surface area contributed by atoms with Crippen LogP contribution in [0, 0.1) is 0 Å². The van der Waals surface area contributed by atoms with Crippen molar-refractivity contribution in [3.8, 4) is 0 Å². The molecule has 2 aromatic rings. The minimum Gasteiger partial charge on any atom is -0.0780 e. The summed E-state index contributed by atoms with van der Waals surface area (Å²) in [5.74, 6) is 0. The fraction of sp³-hybridized carbons (Fsp3) is 0.200. The van der Waals surface area contributed by atoms with E-state index in [9.17, 15) is 0 Å². The number of rotatable bonds is 0. The molecule has 0 aromatic heterocycles. The maximum Gasteiger partial charge on any atom is 0.0301 e. The molecule has 0 radical (unpaired) electrons. The zero-order valence-corrected chi connectivity index (χ0v) is 11.1. The summed E-state index contributed by atoms with van der Waals surface area (Å²) in [7, 11) is 0. The Bertz CT molecular complexity index is 640. The highest BCUT2D eigenvalue weighted by Gasteiger charge is 2.04. The third-order valence-corrected chi connectivity index (χ3v) is 4.14. The highest BCUT2D eigenvalue weighted by Crippen LogP contribution is 2.14. The van der Waals surface area contributed by atoms with Gasteiger partial charge in [-0.1, -0.05) is 71.1 Å². The second kappa shape index (κ2) is 4.21. The van der Waals surface area contributed by atoms with Crippen LogP contribution < -0.4 is 10.4 Å². The molecule has 1 atom stereocenters. The van der Waals surface area contributed by atoms with E-state index in [1.807, 2.05) is 0 Å². The molecular weight excluding hydrogens is 307 g/mol. The topological polar surface area (TPSA) is 0 Å². The van der Waals surface area contributed by atoms with Crippen LogP contribution in [0.15, 0.2) is 36.4 Å². The van der Waals surface area contributed by atoms with Crippen LogP contribution in [-0.4, -0.2) is 3.92 Å². The molecule has 0 fully saturated rings. The summed E-state index contributed by atoms with van der Waals surface area (Å²) in [6.07, 6.45) is 7.23. The molecule has 1 heteroatoms. The molecule has 0 nitrogen and oxygen atoms in total. The van der Waals surface area contributed by atoms with Crippen molar-refractivity contribution < 1.29 is 0 Å². The number of fused-ring (bicyclic) bond motifs is 3. The highest BCUT2D eigenvalue weighted by atomic mass is 127. The molecule has 16 heavy (non-hydrogen) atoms. The van der Waals surface area contributed by atoms with Gasteiger partial charge in [-0.3, -0.25) is 0 Å². The van der Waals surface area contributed by atoms with Crippen molar-refractivity contribution in [2.24, 2.45) is 0 Å². The van der Waals surface area contributed by atoms with Gasteiger partial charge in [-0.2, -0.15) is 0 Å². The Morgan fingerprint density at radius 3 is 2.88 bits per heavy atom. The summed E-state index contributed by atoms with van der Waals surface area (Å²) in [5.41, 5.74) is 0. The number of hydrogen-bond donors (Lipinski definition) is 0. The summed E-state index contributed by atoms with van der Waals surface area (Å²) in [6, 6.07) is 13.1. The fourth-order valence-corrected chi connectivity index (χ4v) is 3.06. The van der Waals surface area contributed by atoms with Gasteiger partial charge in [-0.05, 0) is 34.1 Å². The number of benzene rings is 2. The molecule has 0 spiro atoms. The lowest BCUT2D eigenvalue weighted by Crippen LogP contribution is -2.25. The van der Waals surface area contributed by atoms with Gasteiger partial charge in [0.15, 0.2) is 0 Å². The van der Waals surface area contributed by atoms with Gasteiger partial charge in [0.05, 0.1) is 0 Å². The minimum absolute atomic E-state index is 0.654. The first-order valence-corrected chi connectivity index (χ1v) is 6.93. The molecule has 1 unspecified atom stereocenters. The zero-order valence-electron chi connectivity index (χ0n) is 8.99. The molecule has 0 amide bonds. The Morgan fingerprint density at radius 1 is 1.06 bits per heavy atom. The van der Waals surface area contributed by atoms with E-state index in [-0.39, 0.29) is 0 Å². The van der Waals surface area contributed by atoms with Crippen LogP contribution in [0.2, 0.25) is 0 Å². The number of hydrogen-bond acceptors (Lipinski definition) is 0. The van der Waals surface area contributed by atoms with E-state index in [1.54, 1.807) is 0 Å². The van der Waals surface area contributed by atoms with Gasteiger partial charge in [0, 0.05) is 3.92 Å². The van der Waals surface area contributed by atoms with E-state index < -0.39 is 0 Å². The predicted octanol–water partition coefficient (Wildman–Crippen LogP) is 3.00. The van der Waals surface area contributed by atoms with Gasteiger partial charge in [0.2, 0.25) is 0 Å². The van der Waals surface area contributed by atoms with Crippen LogP contribution in [0.25, 0.3) is 22.9 Å². The normalized spacial score (nSPS) is 19.4. The molecule has 2 aromatic carbocycles. The van der Waals surface area contributed by atoms with Gasteiger partial charge in [-0.25, -0.2) is 0 Å². The minimum atomic E-state index is 0.654. The molecule has 0 saturated heterocycles. The SMILES string of the molecule is IC1C=c2c(ccc3ccccc23)=CCC1. The first kappa shape index (κ1) is 10.3. The quantitative estimate of drug-likeness (QED) is 0.517. The van der Waals surface area contributed by atoms with Crippen molar-refractivity contribution in [1.29, 1.82) is 0 Å². The summed E-state index contributed by atoms with van der Waals surface area (Å²) in [4.78, 5) is 0. The standard InChI is InChI=1S/C15H13I/c16-13-6-3-5-12-9-8-11-4-1-2-7-14(11)15(12)10-13/h1-2,4-5,7-10,13H,3,6H2. The first-order valence-electron chi connectivity index (χ1n) is 5.68. The molecule has 0 heterocycles. The molecule has 0 saturated carbocycles. The van der Waals surface area contributed by atoms with Gasteiger partial charge in [0.25, 0.3) is 0 Å². The van der Waals surface area contributed by atoms with Crippen molar-refractivity contribution in [2.75, 3.05) is 0 Å². The lowest BCUT2D eigenvalue weighted by Gasteiger charge is -2.01. The van der Waals surface area contributed by atoms with Gasteiger partial charge < -0.3 is 0 Å². The van der Waals surface area contributed by atoms with Crippen molar-refractivity contribution in [3.63, 3.8) is 0 Å². The van der Waals surface area contributed by atoms with Gasteiger partial charge in [-0.15, -0.1) is 0 Å². The van der Waals surface area contributed by atoms with E-state index in [4.69, 9.17) is 0 Å². The van der Waals surface area contributed by atoms with Crippen molar-refractivity contribution in [2.45, 2.75) is 16.8 Å². The van der Waals surface area contributed by atoms with E-state index in [0.29, 0.717) is 3.92 Å². The average molecular weight is 320 g/mol. The lowest BCUT2D eigenvalue weighted by atomic mass is 10.1. The number of alkyl halides is 1. The molecule has 0 bridgehead atoms. The van der Waals surface area contributed by atoms with Crippen LogP contribution >= 0.6 is 22.6 Å². The van der Waals surface area contributed by atoms with E-state index >= 15 is 0 Å². The van der Waals surface area contributed by atoms with Crippen molar-refractivity contribution >= 4 is 45.5 Å². The molecule has 3 rings (SSSR count). The lowest BCUT2D eigenvalue weighted by molar-refractivity contribution is 0.962. The third-order valence-electron chi connectivity index (χ3n) is 3.16. The predicted molar refractivity (Wildman–Crippen MR) is 79.2 cm³/mol. The maximum atomic E-state index is 2.54. The Kier molecular flexibility index (Phi) is 2.72. The van der Waals surface area contributed by atoms with Crippen LogP contribution in [-0.2, 0) is 0 Å². The van der Waals surface area contributed by atoms with E-state index in [0.717, 1.165) is 0 Å². The van der Waals surface area contributed by atoms with E-state index in [1.165, 1.54) is 34.1 Å².